The van der Waals surface area contributed by atoms with Crippen molar-refractivity contribution < 1.29 is 0 Å². The normalized spacial score (nSPS) is 16.9. The second-order valence-electron chi connectivity index (χ2n) is 5.85. The smallest absolute Gasteiger partial charge is 0.0648 e. The van der Waals surface area contributed by atoms with E-state index in [1.807, 2.05) is 10.9 Å². The van der Waals surface area contributed by atoms with Gasteiger partial charge < -0.3 is 0 Å². The SMILES string of the molecule is Cc1cccc(-n2cc(CN(C)C3CSCCSC3)cn2)c1. The number of rotatable bonds is 4. The summed E-state index contributed by atoms with van der Waals surface area (Å²) in [6, 6.07) is 9.13. The predicted molar refractivity (Wildman–Crippen MR) is 98.2 cm³/mol. The lowest BCUT2D eigenvalue weighted by Crippen LogP contribution is -2.34. The lowest BCUT2D eigenvalue weighted by atomic mass is 10.2. The minimum absolute atomic E-state index is 0.666. The van der Waals surface area contributed by atoms with Gasteiger partial charge in [0.1, 0.15) is 0 Å². The van der Waals surface area contributed by atoms with E-state index >= 15 is 0 Å². The first-order valence-electron chi connectivity index (χ1n) is 7.69. The lowest BCUT2D eigenvalue weighted by Gasteiger charge is -2.25. The number of nitrogens with zero attached hydrogens (tertiary/aromatic N) is 3. The number of benzene rings is 1. The van der Waals surface area contributed by atoms with Gasteiger partial charge >= 0.3 is 0 Å². The molecule has 0 radical (unpaired) electrons. The Labute approximate surface area is 141 Å². The van der Waals surface area contributed by atoms with Crippen LogP contribution in [0.15, 0.2) is 36.7 Å². The van der Waals surface area contributed by atoms with Gasteiger partial charge in [-0.1, -0.05) is 12.1 Å². The summed E-state index contributed by atoms with van der Waals surface area (Å²) in [5.74, 6) is 5.08. The molecule has 0 unspecified atom stereocenters. The van der Waals surface area contributed by atoms with Crippen LogP contribution in [-0.2, 0) is 6.54 Å². The molecule has 0 bridgehead atoms. The molecule has 1 aromatic heterocycles. The third kappa shape index (κ3) is 4.09. The number of hydrogen-bond acceptors (Lipinski definition) is 4. The molecule has 1 aromatic carbocycles. The van der Waals surface area contributed by atoms with Gasteiger partial charge in [-0.15, -0.1) is 0 Å². The first-order chi connectivity index (χ1) is 10.7. The van der Waals surface area contributed by atoms with Crippen molar-refractivity contribution in [2.75, 3.05) is 30.1 Å². The average molecular weight is 334 g/mol. The fourth-order valence-electron chi connectivity index (χ4n) is 2.63. The van der Waals surface area contributed by atoms with Gasteiger partial charge in [-0.05, 0) is 31.7 Å². The summed E-state index contributed by atoms with van der Waals surface area (Å²) in [5, 5.41) is 4.52. The highest BCUT2D eigenvalue weighted by atomic mass is 32.2. The fraction of sp³-hybridized carbons (Fsp3) is 0.471. The van der Waals surface area contributed by atoms with Crippen molar-refractivity contribution in [2.45, 2.75) is 19.5 Å². The molecule has 0 amide bonds. The van der Waals surface area contributed by atoms with Crippen LogP contribution >= 0.6 is 23.5 Å². The number of thioether (sulfide) groups is 2. The van der Waals surface area contributed by atoms with E-state index < -0.39 is 0 Å². The average Bonchev–Trinajstić information content (AvgIpc) is 2.80. The monoisotopic (exact) mass is 333 g/mol. The zero-order valence-electron chi connectivity index (χ0n) is 13.2. The van der Waals surface area contributed by atoms with Gasteiger partial charge in [0, 0.05) is 47.4 Å². The molecule has 1 aliphatic heterocycles. The Hall–Kier alpha value is -0.910. The molecule has 0 spiro atoms. The van der Waals surface area contributed by atoms with E-state index in [1.165, 1.54) is 34.1 Å². The minimum Gasteiger partial charge on any atom is -0.297 e. The van der Waals surface area contributed by atoms with Crippen molar-refractivity contribution >= 4 is 23.5 Å². The number of aryl methyl sites for hydroxylation is 1. The summed E-state index contributed by atoms with van der Waals surface area (Å²) >= 11 is 4.17. The summed E-state index contributed by atoms with van der Waals surface area (Å²) in [6.45, 7) is 3.08. The topological polar surface area (TPSA) is 21.1 Å². The summed E-state index contributed by atoms with van der Waals surface area (Å²) in [5.41, 5.74) is 3.68. The van der Waals surface area contributed by atoms with Crippen molar-refractivity contribution in [1.29, 1.82) is 0 Å². The maximum absolute atomic E-state index is 4.52. The van der Waals surface area contributed by atoms with E-state index in [0.29, 0.717) is 6.04 Å². The van der Waals surface area contributed by atoms with E-state index in [2.05, 4.69) is 78.0 Å². The Morgan fingerprint density at radius 3 is 2.77 bits per heavy atom. The molecule has 118 valence electrons. The van der Waals surface area contributed by atoms with Crippen molar-refractivity contribution in [1.82, 2.24) is 14.7 Å². The van der Waals surface area contributed by atoms with Gasteiger partial charge in [-0.3, -0.25) is 4.90 Å². The second kappa shape index (κ2) is 7.57. The molecule has 2 aromatic rings. The highest BCUT2D eigenvalue weighted by Crippen LogP contribution is 2.21. The summed E-state index contributed by atoms with van der Waals surface area (Å²) < 4.78 is 1.98. The van der Waals surface area contributed by atoms with E-state index in [4.69, 9.17) is 0 Å². The van der Waals surface area contributed by atoms with Gasteiger partial charge in [0.05, 0.1) is 11.9 Å². The maximum Gasteiger partial charge on any atom is 0.0648 e. The van der Waals surface area contributed by atoms with Gasteiger partial charge in [0.2, 0.25) is 0 Å². The number of hydrogen-bond donors (Lipinski definition) is 0. The van der Waals surface area contributed by atoms with Crippen LogP contribution in [0.5, 0.6) is 0 Å². The Morgan fingerprint density at radius 1 is 1.27 bits per heavy atom. The molecular weight excluding hydrogens is 310 g/mol. The third-order valence-electron chi connectivity index (χ3n) is 3.95. The van der Waals surface area contributed by atoms with E-state index in [1.54, 1.807) is 0 Å². The lowest BCUT2D eigenvalue weighted by molar-refractivity contribution is 0.274. The van der Waals surface area contributed by atoms with Crippen LogP contribution in [-0.4, -0.2) is 50.8 Å². The predicted octanol–water partition coefficient (Wildman–Crippen LogP) is 3.46. The van der Waals surface area contributed by atoms with Crippen LogP contribution < -0.4 is 0 Å². The largest absolute Gasteiger partial charge is 0.297 e. The Balaban J connectivity index is 1.66. The molecule has 0 saturated carbocycles. The molecule has 0 N–H and O–H groups in total. The van der Waals surface area contributed by atoms with Crippen LogP contribution in [0.3, 0.4) is 0 Å². The number of aromatic nitrogens is 2. The molecule has 0 aliphatic carbocycles. The first kappa shape index (κ1) is 16.0. The summed E-state index contributed by atoms with van der Waals surface area (Å²) in [4.78, 5) is 2.48. The fourth-order valence-corrected chi connectivity index (χ4v) is 5.34. The zero-order valence-corrected chi connectivity index (χ0v) is 14.9. The van der Waals surface area contributed by atoms with Crippen molar-refractivity contribution in [3.8, 4) is 5.69 Å². The molecule has 5 heteroatoms. The zero-order chi connectivity index (χ0) is 15.4. The van der Waals surface area contributed by atoms with Crippen LogP contribution in [0, 0.1) is 6.92 Å². The van der Waals surface area contributed by atoms with Gasteiger partial charge in [-0.2, -0.15) is 28.6 Å². The van der Waals surface area contributed by atoms with Crippen molar-refractivity contribution in [3.63, 3.8) is 0 Å². The van der Waals surface area contributed by atoms with Crippen LogP contribution in [0.4, 0.5) is 0 Å². The molecule has 3 rings (SSSR count). The van der Waals surface area contributed by atoms with Crippen molar-refractivity contribution in [2.24, 2.45) is 0 Å². The molecule has 1 fully saturated rings. The van der Waals surface area contributed by atoms with Crippen LogP contribution in [0.1, 0.15) is 11.1 Å². The maximum atomic E-state index is 4.52. The highest BCUT2D eigenvalue weighted by molar-refractivity contribution is 8.03. The molecular formula is C17H23N3S2. The summed E-state index contributed by atoms with van der Waals surface area (Å²) in [7, 11) is 2.24. The first-order valence-corrected chi connectivity index (χ1v) is 9.99. The Morgan fingerprint density at radius 2 is 2.05 bits per heavy atom. The molecule has 22 heavy (non-hydrogen) atoms. The van der Waals surface area contributed by atoms with Gasteiger partial charge in [0.25, 0.3) is 0 Å². The summed E-state index contributed by atoms with van der Waals surface area (Å²) in [6.07, 6.45) is 4.15. The Kier molecular flexibility index (Phi) is 5.50. The third-order valence-corrected chi connectivity index (χ3v) is 6.44. The molecule has 1 aliphatic rings. The standard InChI is InChI=1S/C17H23N3S2/c1-14-4-3-5-16(8-14)20-11-15(9-18-20)10-19(2)17-12-21-6-7-22-13-17/h3-5,8-9,11,17H,6-7,10,12-13H2,1-2H3. The highest BCUT2D eigenvalue weighted by Gasteiger charge is 2.18. The van der Waals surface area contributed by atoms with Crippen molar-refractivity contribution in [3.05, 3.63) is 47.8 Å². The molecule has 3 nitrogen and oxygen atoms in total. The van der Waals surface area contributed by atoms with Gasteiger partial charge in [0.15, 0.2) is 0 Å². The molecule has 1 saturated heterocycles. The van der Waals surface area contributed by atoms with E-state index in [0.717, 1.165) is 12.2 Å². The van der Waals surface area contributed by atoms with E-state index in [-0.39, 0.29) is 0 Å². The second-order valence-corrected chi connectivity index (χ2v) is 8.15. The Bertz CT molecular complexity index is 603. The van der Waals surface area contributed by atoms with E-state index in [9.17, 15) is 0 Å². The minimum atomic E-state index is 0.666. The quantitative estimate of drug-likeness (QED) is 0.854. The van der Waals surface area contributed by atoms with Gasteiger partial charge in [-0.25, -0.2) is 4.68 Å². The van der Waals surface area contributed by atoms with Crippen LogP contribution in [0.25, 0.3) is 5.69 Å². The molecule has 2 heterocycles. The van der Waals surface area contributed by atoms with Crippen LogP contribution in [0.2, 0.25) is 0 Å². The molecule has 0 atom stereocenters.